The summed E-state index contributed by atoms with van der Waals surface area (Å²) in [6, 6.07) is 9.77. The van der Waals surface area contributed by atoms with Gasteiger partial charge in [-0.15, -0.1) is 0 Å². The van der Waals surface area contributed by atoms with Gasteiger partial charge in [-0.25, -0.2) is 4.68 Å². The Morgan fingerprint density at radius 3 is 2.55 bits per heavy atom. The second-order valence-corrected chi connectivity index (χ2v) is 5.07. The van der Waals surface area contributed by atoms with Gasteiger partial charge in [0.25, 0.3) is 0 Å². The number of aromatic nitrogens is 3. The molecule has 0 saturated carbocycles. The van der Waals surface area contributed by atoms with Gasteiger partial charge in [0, 0.05) is 11.5 Å². The zero-order valence-corrected chi connectivity index (χ0v) is 11.9. The van der Waals surface area contributed by atoms with Crippen molar-refractivity contribution in [2.75, 3.05) is 0 Å². The van der Waals surface area contributed by atoms with Gasteiger partial charge in [-0.3, -0.25) is 4.79 Å². The number of pyridine rings is 1. The largest absolute Gasteiger partial charge is 0.306 e. The third kappa shape index (κ3) is 1.93. The van der Waals surface area contributed by atoms with E-state index in [2.05, 4.69) is 17.0 Å². The van der Waals surface area contributed by atoms with Gasteiger partial charge in [-0.2, -0.15) is 5.10 Å². The number of aryl methyl sites for hydroxylation is 3. The lowest BCUT2D eigenvalue weighted by molar-refractivity contribution is 0.875. The molecule has 0 atom stereocenters. The van der Waals surface area contributed by atoms with Crippen molar-refractivity contribution in [1.29, 1.82) is 0 Å². The zero-order chi connectivity index (χ0) is 14.3. The van der Waals surface area contributed by atoms with Crippen LogP contribution in [0.2, 0.25) is 0 Å². The predicted octanol–water partition coefficient (Wildman–Crippen LogP) is 2.89. The molecule has 0 aliphatic heterocycles. The summed E-state index contributed by atoms with van der Waals surface area (Å²) in [6.07, 6.45) is 0.820. The molecule has 3 rings (SSSR count). The van der Waals surface area contributed by atoms with Gasteiger partial charge >= 0.3 is 0 Å². The maximum absolute atomic E-state index is 11.8. The van der Waals surface area contributed by atoms with Crippen LogP contribution in [0, 0.1) is 13.8 Å². The molecule has 1 N–H and O–H groups in total. The van der Waals surface area contributed by atoms with Crippen molar-refractivity contribution in [2.24, 2.45) is 0 Å². The molecular formula is C16H17N3O. The van der Waals surface area contributed by atoms with Crippen molar-refractivity contribution in [3.8, 4) is 5.69 Å². The lowest BCUT2D eigenvalue weighted by Gasteiger charge is -2.04. The third-order valence-electron chi connectivity index (χ3n) is 3.59. The van der Waals surface area contributed by atoms with Crippen molar-refractivity contribution in [3.63, 3.8) is 0 Å². The average molecular weight is 267 g/mol. The minimum Gasteiger partial charge on any atom is -0.306 e. The van der Waals surface area contributed by atoms with Crippen LogP contribution in [0.4, 0.5) is 0 Å². The van der Waals surface area contributed by atoms with Gasteiger partial charge in [-0.05, 0) is 38.0 Å². The molecule has 2 heterocycles. The fraction of sp³-hybridized carbons (Fsp3) is 0.250. The predicted molar refractivity (Wildman–Crippen MR) is 80.5 cm³/mol. The highest BCUT2D eigenvalue weighted by Gasteiger charge is 2.13. The van der Waals surface area contributed by atoms with Crippen LogP contribution in [-0.4, -0.2) is 14.8 Å². The van der Waals surface area contributed by atoms with Crippen molar-refractivity contribution in [3.05, 3.63) is 57.5 Å². The number of hydrogen-bond acceptors (Lipinski definition) is 2. The van der Waals surface area contributed by atoms with Crippen LogP contribution in [0.3, 0.4) is 0 Å². The van der Waals surface area contributed by atoms with Crippen molar-refractivity contribution < 1.29 is 0 Å². The molecule has 3 aromatic rings. The van der Waals surface area contributed by atoms with Crippen LogP contribution in [0.1, 0.15) is 23.7 Å². The molecule has 4 heteroatoms. The second-order valence-electron chi connectivity index (χ2n) is 5.07. The van der Waals surface area contributed by atoms with Gasteiger partial charge in [0.05, 0.1) is 11.4 Å². The molecular weight excluding hydrogens is 250 g/mol. The smallest absolute Gasteiger partial charge is 0.249 e. The Kier molecular flexibility index (Phi) is 2.93. The van der Waals surface area contributed by atoms with E-state index >= 15 is 0 Å². The van der Waals surface area contributed by atoms with Gasteiger partial charge in [-0.1, -0.05) is 24.6 Å². The van der Waals surface area contributed by atoms with E-state index in [1.807, 2.05) is 42.8 Å². The van der Waals surface area contributed by atoms with Gasteiger partial charge in [0.1, 0.15) is 5.65 Å². The number of hydrogen-bond donors (Lipinski definition) is 1. The van der Waals surface area contributed by atoms with E-state index in [-0.39, 0.29) is 5.56 Å². The molecule has 0 radical (unpaired) electrons. The summed E-state index contributed by atoms with van der Waals surface area (Å²) >= 11 is 0. The van der Waals surface area contributed by atoms with E-state index in [1.54, 1.807) is 6.07 Å². The molecule has 0 aliphatic carbocycles. The van der Waals surface area contributed by atoms with Crippen molar-refractivity contribution in [2.45, 2.75) is 27.2 Å². The molecule has 0 spiro atoms. The quantitative estimate of drug-likeness (QED) is 0.776. The third-order valence-corrected chi connectivity index (χ3v) is 3.59. The molecule has 102 valence electrons. The van der Waals surface area contributed by atoms with Crippen molar-refractivity contribution >= 4 is 11.0 Å². The number of rotatable bonds is 2. The van der Waals surface area contributed by atoms with E-state index < -0.39 is 0 Å². The Morgan fingerprint density at radius 2 is 1.90 bits per heavy atom. The summed E-state index contributed by atoms with van der Waals surface area (Å²) in [5.74, 6) is 0. The second kappa shape index (κ2) is 4.63. The number of benzene rings is 1. The lowest BCUT2D eigenvalue weighted by Crippen LogP contribution is -2.08. The summed E-state index contributed by atoms with van der Waals surface area (Å²) in [6.45, 7) is 6.08. The summed E-state index contributed by atoms with van der Waals surface area (Å²) in [7, 11) is 0. The first kappa shape index (κ1) is 12.7. The first-order chi connectivity index (χ1) is 9.60. The van der Waals surface area contributed by atoms with Crippen LogP contribution >= 0.6 is 0 Å². The fourth-order valence-electron chi connectivity index (χ4n) is 2.56. The van der Waals surface area contributed by atoms with E-state index in [0.29, 0.717) is 0 Å². The first-order valence-corrected chi connectivity index (χ1v) is 6.78. The minimum absolute atomic E-state index is 0.0809. The molecule has 0 aliphatic rings. The van der Waals surface area contributed by atoms with Gasteiger partial charge in [0.15, 0.2) is 0 Å². The van der Waals surface area contributed by atoms with E-state index in [1.165, 1.54) is 5.56 Å². The SMILES string of the molecule is CCc1cc(=O)[nH]c2c1c(C)nn2-c1ccc(C)cc1. The van der Waals surface area contributed by atoms with Crippen LogP contribution in [-0.2, 0) is 6.42 Å². The van der Waals surface area contributed by atoms with E-state index in [9.17, 15) is 4.79 Å². The molecule has 0 amide bonds. The van der Waals surface area contributed by atoms with Crippen molar-refractivity contribution in [1.82, 2.24) is 14.8 Å². The number of fused-ring (bicyclic) bond motifs is 1. The summed E-state index contributed by atoms with van der Waals surface area (Å²) in [4.78, 5) is 14.7. The van der Waals surface area contributed by atoms with Crippen LogP contribution < -0.4 is 5.56 Å². The Bertz CT molecular complexity index is 825. The van der Waals surface area contributed by atoms with Gasteiger partial charge < -0.3 is 4.98 Å². The fourth-order valence-corrected chi connectivity index (χ4v) is 2.56. The number of nitrogens with zero attached hydrogens (tertiary/aromatic N) is 2. The average Bonchev–Trinajstić information content (AvgIpc) is 2.76. The van der Waals surface area contributed by atoms with Gasteiger partial charge in [0.2, 0.25) is 5.56 Å². The van der Waals surface area contributed by atoms with E-state index in [0.717, 1.165) is 34.4 Å². The number of H-pyrrole nitrogens is 1. The topological polar surface area (TPSA) is 50.7 Å². The molecule has 2 aromatic heterocycles. The first-order valence-electron chi connectivity index (χ1n) is 6.78. The Hall–Kier alpha value is -2.36. The molecule has 20 heavy (non-hydrogen) atoms. The minimum atomic E-state index is -0.0809. The lowest BCUT2D eigenvalue weighted by atomic mass is 10.1. The summed E-state index contributed by atoms with van der Waals surface area (Å²) < 4.78 is 1.81. The summed E-state index contributed by atoms with van der Waals surface area (Å²) in [5.41, 5.74) is 4.83. The molecule has 0 unspecified atom stereocenters. The maximum Gasteiger partial charge on any atom is 0.249 e. The Balaban J connectivity index is 2.35. The monoisotopic (exact) mass is 267 g/mol. The standard InChI is InChI=1S/C16H17N3O/c1-4-12-9-14(20)17-16-15(12)11(3)18-19(16)13-7-5-10(2)6-8-13/h5-9H,4H2,1-3H3,(H,17,20). The molecule has 1 aromatic carbocycles. The highest BCUT2D eigenvalue weighted by Crippen LogP contribution is 2.22. The molecule has 4 nitrogen and oxygen atoms in total. The summed E-state index contributed by atoms with van der Waals surface area (Å²) in [5, 5.41) is 5.63. The molecule has 0 saturated heterocycles. The van der Waals surface area contributed by atoms with Crippen LogP contribution in [0.5, 0.6) is 0 Å². The number of nitrogens with one attached hydrogen (secondary N) is 1. The Labute approximate surface area is 117 Å². The maximum atomic E-state index is 11.8. The highest BCUT2D eigenvalue weighted by molar-refractivity contribution is 5.83. The highest BCUT2D eigenvalue weighted by atomic mass is 16.1. The Morgan fingerprint density at radius 1 is 1.20 bits per heavy atom. The number of aromatic amines is 1. The molecule has 0 bridgehead atoms. The molecule has 0 fully saturated rings. The van der Waals surface area contributed by atoms with E-state index in [4.69, 9.17) is 0 Å². The van der Waals surface area contributed by atoms with Crippen LogP contribution in [0.25, 0.3) is 16.7 Å². The zero-order valence-electron chi connectivity index (χ0n) is 11.9. The van der Waals surface area contributed by atoms with Crippen LogP contribution in [0.15, 0.2) is 35.1 Å². The normalized spacial score (nSPS) is 11.2.